The number of benzene rings is 2. The molecular weight excluding hydrogens is 677 g/mol. The van der Waals surface area contributed by atoms with Crippen molar-refractivity contribution in [1.29, 1.82) is 0 Å². The zero-order chi connectivity index (χ0) is 35.3. The molecule has 4 aromatic rings. The number of carbonyl (C=O) groups is 2. The van der Waals surface area contributed by atoms with E-state index >= 15 is 4.39 Å². The number of nitrogens with one attached hydrogen (secondary N) is 3. The minimum atomic E-state index is -0.500. The van der Waals surface area contributed by atoms with E-state index in [9.17, 15) is 9.59 Å². The summed E-state index contributed by atoms with van der Waals surface area (Å²) in [6.45, 7) is 2.99. The summed E-state index contributed by atoms with van der Waals surface area (Å²) in [5.74, 6) is 0.939. The maximum atomic E-state index is 16.5. The average molecular weight is 714 g/mol. The van der Waals surface area contributed by atoms with Crippen LogP contribution in [0, 0.1) is 5.82 Å². The van der Waals surface area contributed by atoms with Crippen LogP contribution in [0.2, 0.25) is 5.02 Å². The Bertz CT molecular complexity index is 2040. The van der Waals surface area contributed by atoms with Crippen LogP contribution in [0.5, 0.6) is 17.5 Å². The lowest BCUT2D eigenvalue weighted by atomic mass is 9.88. The molecule has 2 unspecified atom stereocenters. The highest BCUT2D eigenvalue weighted by molar-refractivity contribution is 6.36. The minimum Gasteiger partial charge on any atom is -0.491 e. The monoisotopic (exact) mass is 713 g/mol. The topological polar surface area (TPSA) is 140 Å². The molecule has 8 rings (SSSR count). The Morgan fingerprint density at radius 2 is 1.75 bits per heavy atom. The molecule has 14 heteroatoms. The molecule has 0 bridgehead atoms. The zero-order valence-corrected chi connectivity index (χ0v) is 29.0. The van der Waals surface area contributed by atoms with Gasteiger partial charge in [0, 0.05) is 73.4 Å². The zero-order valence-electron chi connectivity index (χ0n) is 28.2. The number of halogens is 2. The normalized spacial score (nSPS) is 20.5. The lowest BCUT2D eigenvalue weighted by Gasteiger charge is -2.47. The van der Waals surface area contributed by atoms with E-state index in [2.05, 4.69) is 25.8 Å². The van der Waals surface area contributed by atoms with Crippen LogP contribution in [0.25, 0.3) is 33.6 Å². The van der Waals surface area contributed by atoms with E-state index in [1.54, 1.807) is 49.7 Å². The van der Waals surface area contributed by atoms with Crippen molar-refractivity contribution in [2.24, 2.45) is 0 Å². The van der Waals surface area contributed by atoms with E-state index in [0.29, 0.717) is 88.8 Å². The summed E-state index contributed by atoms with van der Waals surface area (Å²) in [5, 5.41) is 9.83. The summed E-state index contributed by atoms with van der Waals surface area (Å²) in [5.41, 5.74) is 3.77. The van der Waals surface area contributed by atoms with Gasteiger partial charge in [-0.05, 0) is 18.9 Å². The molecule has 3 saturated heterocycles. The van der Waals surface area contributed by atoms with E-state index in [1.807, 2.05) is 6.07 Å². The fourth-order valence-electron chi connectivity index (χ4n) is 7.59. The maximum absolute atomic E-state index is 16.5. The second-order valence-electron chi connectivity index (χ2n) is 13.5. The second-order valence-corrected chi connectivity index (χ2v) is 13.9. The molecule has 264 valence electrons. The molecule has 3 N–H and O–H groups in total. The quantitative estimate of drug-likeness (QED) is 0.216. The van der Waals surface area contributed by atoms with Gasteiger partial charge in [-0.2, -0.15) is 0 Å². The van der Waals surface area contributed by atoms with Crippen LogP contribution in [-0.2, 0) is 16.1 Å². The van der Waals surface area contributed by atoms with Gasteiger partial charge in [0.2, 0.25) is 23.6 Å². The molecular formula is C37H37ClFN7O5. The van der Waals surface area contributed by atoms with Crippen molar-refractivity contribution in [3.05, 3.63) is 70.8 Å². The third-order valence-corrected chi connectivity index (χ3v) is 10.5. The average Bonchev–Trinajstić information content (AvgIpc) is 3.85. The number of aromatic nitrogens is 3. The van der Waals surface area contributed by atoms with Crippen molar-refractivity contribution in [3.8, 4) is 51.2 Å². The van der Waals surface area contributed by atoms with E-state index in [1.165, 1.54) is 7.11 Å². The first-order valence-corrected chi connectivity index (χ1v) is 17.4. The van der Waals surface area contributed by atoms with Crippen LogP contribution in [0.15, 0.2) is 48.7 Å². The van der Waals surface area contributed by atoms with E-state index in [4.69, 9.17) is 35.8 Å². The summed E-state index contributed by atoms with van der Waals surface area (Å²) in [4.78, 5) is 39.7. The smallest absolute Gasteiger partial charge is 0.237 e. The highest BCUT2D eigenvalue weighted by Crippen LogP contribution is 2.43. The lowest BCUT2D eigenvalue weighted by molar-refractivity contribution is -0.121. The summed E-state index contributed by atoms with van der Waals surface area (Å²) < 4.78 is 33.8. The van der Waals surface area contributed by atoms with E-state index in [0.717, 1.165) is 31.5 Å². The summed E-state index contributed by atoms with van der Waals surface area (Å²) in [7, 11) is 3.07. The van der Waals surface area contributed by atoms with Gasteiger partial charge in [0.05, 0.1) is 54.0 Å². The molecule has 1 spiro atoms. The Morgan fingerprint density at radius 3 is 2.47 bits per heavy atom. The molecule has 4 aliphatic rings. The second kappa shape index (κ2) is 13.4. The van der Waals surface area contributed by atoms with Crippen LogP contribution in [0.3, 0.4) is 0 Å². The van der Waals surface area contributed by atoms with E-state index < -0.39 is 5.82 Å². The number of pyridine rings is 1. The standard InChI is InChI=1S/C37H37ClFN7O5/c1-49-35-27(16-46-18-37(19-46)12-11-31(48)45-37)41-15-26(44-35)23-7-3-5-21(33(23)38)22-6-4-8-24(34(22)39)25-13-29-32(36(43-25)50-2)28(17-51-29)40-14-20-9-10-30(47)42-20/h3-8,13,15,20,28,40H,9-12,14,16-19H2,1-2H3,(H,42,47)(H,45,48). The molecule has 0 saturated carbocycles. The fraction of sp³-hybridized carbons (Fsp3) is 0.378. The molecule has 0 aliphatic carbocycles. The van der Waals surface area contributed by atoms with Crippen molar-refractivity contribution >= 4 is 23.4 Å². The van der Waals surface area contributed by atoms with Gasteiger partial charge in [0.25, 0.3) is 0 Å². The summed E-state index contributed by atoms with van der Waals surface area (Å²) in [6, 6.07) is 12.1. The summed E-state index contributed by atoms with van der Waals surface area (Å²) in [6.07, 6.45) is 4.36. The van der Waals surface area contributed by atoms with Crippen LogP contribution < -0.4 is 30.2 Å². The maximum Gasteiger partial charge on any atom is 0.237 e. The Kier molecular flexibility index (Phi) is 8.73. The fourth-order valence-corrected chi connectivity index (χ4v) is 7.92. The summed E-state index contributed by atoms with van der Waals surface area (Å²) >= 11 is 7.00. The van der Waals surface area contributed by atoms with Crippen LogP contribution in [0.4, 0.5) is 4.39 Å². The molecule has 2 aromatic heterocycles. The Balaban J connectivity index is 1.04. The number of hydrogen-bond donors (Lipinski definition) is 3. The number of hydrogen-bond acceptors (Lipinski definition) is 10. The molecule has 2 amide bonds. The number of ether oxygens (including phenoxy) is 3. The number of methoxy groups -OCH3 is 2. The first-order valence-electron chi connectivity index (χ1n) is 17.0. The SMILES string of the molecule is COc1nc(-c2cccc(-c3cccc(-c4cc5c(c(OC)n4)C(NCC4CCC(=O)N4)CO5)c3F)c2Cl)cnc1CN1CC2(CCC(=O)N2)C1. The number of likely N-dealkylation sites (tertiary alicyclic amines) is 1. The third-order valence-electron chi connectivity index (χ3n) is 10.1. The minimum absolute atomic E-state index is 0.0580. The molecule has 51 heavy (non-hydrogen) atoms. The number of rotatable bonds is 10. The first kappa shape index (κ1) is 33.3. The van der Waals surface area contributed by atoms with Gasteiger partial charge in [-0.3, -0.25) is 19.5 Å². The number of nitrogens with zero attached hydrogens (tertiary/aromatic N) is 4. The predicted octanol–water partition coefficient (Wildman–Crippen LogP) is 4.45. The van der Waals surface area contributed by atoms with Gasteiger partial charge in [-0.25, -0.2) is 14.4 Å². The predicted molar refractivity (Wildman–Crippen MR) is 187 cm³/mol. The molecule has 0 radical (unpaired) electrons. The van der Waals surface area contributed by atoms with Gasteiger partial charge < -0.3 is 30.2 Å². The van der Waals surface area contributed by atoms with E-state index in [-0.39, 0.29) is 35.0 Å². The van der Waals surface area contributed by atoms with Gasteiger partial charge in [-0.1, -0.05) is 41.9 Å². The Labute approximate surface area is 299 Å². The Morgan fingerprint density at radius 1 is 1.00 bits per heavy atom. The van der Waals surface area contributed by atoms with Gasteiger partial charge in [0.1, 0.15) is 23.9 Å². The van der Waals surface area contributed by atoms with Crippen molar-refractivity contribution in [2.45, 2.75) is 49.9 Å². The molecule has 3 fully saturated rings. The first-order chi connectivity index (χ1) is 24.7. The Hall–Kier alpha value is -4.85. The largest absolute Gasteiger partial charge is 0.491 e. The van der Waals surface area contributed by atoms with Gasteiger partial charge >= 0.3 is 0 Å². The van der Waals surface area contributed by atoms with Crippen LogP contribution in [0.1, 0.15) is 43.0 Å². The number of amides is 2. The molecule has 2 aromatic carbocycles. The lowest BCUT2D eigenvalue weighted by Crippen LogP contribution is -2.66. The van der Waals surface area contributed by atoms with Crippen molar-refractivity contribution in [3.63, 3.8) is 0 Å². The van der Waals surface area contributed by atoms with Crippen molar-refractivity contribution in [2.75, 3.05) is 40.5 Å². The molecule has 6 heterocycles. The third kappa shape index (κ3) is 6.23. The van der Waals surface area contributed by atoms with Gasteiger partial charge in [-0.15, -0.1) is 0 Å². The van der Waals surface area contributed by atoms with Crippen molar-refractivity contribution < 1.29 is 28.2 Å². The highest BCUT2D eigenvalue weighted by atomic mass is 35.5. The molecule has 2 atom stereocenters. The van der Waals surface area contributed by atoms with Crippen LogP contribution >= 0.6 is 11.6 Å². The van der Waals surface area contributed by atoms with Gasteiger partial charge in [0.15, 0.2) is 0 Å². The number of fused-ring (bicyclic) bond motifs is 1. The highest BCUT2D eigenvalue weighted by Gasteiger charge is 2.47. The van der Waals surface area contributed by atoms with Crippen molar-refractivity contribution in [1.82, 2.24) is 35.8 Å². The molecule has 12 nitrogen and oxygen atoms in total. The molecule has 4 aliphatic heterocycles. The van der Waals surface area contributed by atoms with Crippen LogP contribution in [-0.4, -0.2) is 83.7 Å². The number of carbonyl (C=O) groups excluding carboxylic acids is 2.